The van der Waals surface area contributed by atoms with Gasteiger partial charge < -0.3 is 32.6 Å². The Hall–Kier alpha value is -2.48. The zero-order valence-corrected chi connectivity index (χ0v) is 39.4. The van der Waals surface area contributed by atoms with Crippen molar-refractivity contribution in [3.8, 4) is 5.75 Å². The van der Waals surface area contributed by atoms with E-state index in [9.17, 15) is 9.90 Å². The Morgan fingerprint density at radius 2 is 1.59 bits per heavy atom. The number of hydrogen-bond acceptors (Lipinski definition) is 8. The molecule has 0 amide bonds. The van der Waals surface area contributed by atoms with Crippen LogP contribution >= 0.6 is 0 Å². The maximum absolute atomic E-state index is 13.8. The standard InChI is InChI=1S/C46H74O8Si2/c1-16-22-34(38(47)27-40(54-56(14,15)45(9,10)11)46(39(17-2)53-46)43(48)49-18-3)36-29-51-42-35(36)26-33(25-31(4)5)41(50-28-32-23-20-19-21-24-32)37(42)30-52-55(12,13)44(6,7)8/h19-21,23-24,26,29,31,34,38-40,47H,16-18,22,25,27-28,30H2,1-15H3/t34?,38?,39-,40+,46-/m1/s1. The quantitative estimate of drug-likeness (QED) is 0.0684. The SMILES string of the molecule is CCCC(c1coc2c(CO[Si](C)(C)C(C)(C)C)c(OCc3ccccc3)c(CC(C)C)cc12)C(O)C[C@H](O[Si](C)(C)C(C)(C)C)[C@]1(C(=O)OCC)O[C@@H]1CC. The molecule has 4 rings (SSSR count). The number of rotatable bonds is 20. The Morgan fingerprint density at radius 1 is 0.946 bits per heavy atom. The van der Waals surface area contributed by atoms with Crippen molar-refractivity contribution in [3.63, 3.8) is 0 Å². The molecule has 5 atom stereocenters. The van der Waals surface area contributed by atoms with Crippen molar-refractivity contribution in [2.75, 3.05) is 6.61 Å². The lowest BCUT2D eigenvalue weighted by Gasteiger charge is -2.41. The van der Waals surface area contributed by atoms with Crippen LogP contribution in [0.1, 0.15) is 130 Å². The zero-order valence-electron chi connectivity index (χ0n) is 37.4. The summed E-state index contributed by atoms with van der Waals surface area (Å²) in [6.07, 6.45) is 3.19. The Kier molecular flexibility index (Phi) is 15.0. The van der Waals surface area contributed by atoms with Gasteiger partial charge in [-0.2, -0.15) is 0 Å². The molecule has 2 unspecified atom stereocenters. The third kappa shape index (κ3) is 10.2. The second-order valence-corrected chi connectivity index (χ2v) is 29.0. The molecule has 1 N–H and O–H groups in total. The molecule has 1 fully saturated rings. The predicted molar refractivity (Wildman–Crippen MR) is 232 cm³/mol. The molecule has 1 aliphatic rings. The van der Waals surface area contributed by atoms with E-state index < -0.39 is 40.4 Å². The van der Waals surface area contributed by atoms with Crippen molar-refractivity contribution < 1.29 is 37.4 Å². The fraction of sp³-hybridized carbons (Fsp3) is 0.674. The molecule has 1 aliphatic heterocycles. The van der Waals surface area contributed by atoms with E-state index in [1.165, 1.54) is 0 Å². The van der Waals surface area contributed by atoms with E-state index in [-0.39, 0.29) is 35.1 Å². The van der Waals surface area contributed by atoms with Gasteiger partial charge in [0.15, 0.2) is 16.6 Å². The summed E-state index contributed by atoms with van der Waals surface area (Å²) in [6, 6.07) is 12.5. The highest BCUT2D eigenvalue weighted by atomic mass is 28.4. The van der Waals surface area contributed by atoms with Gasteiger partial charge in [-0.05, 0) is 85.6 Å². The van der Waals surface area contributed by atoms with E-state index in [1.807, 2.05) is 38.3 Å². The van der Waals surface area contributed by atoms with Crippen LogP contribution in [0.3, 0.4) is 0 Å². The van der Waals surface area contributed by atoms with Crippen molar-refractivity contribution in [1.29, 1.82) is 0 Å². The second kappa shape index (κ2) is 18.2. The highest BCUT2D eigenvalue weighted by Crippen LogP contribution is 2.50. The van der Waals surface area contributed by atoms with Crippen LogP contribution < -0.4 is 4.74 Å². The molecule has 56 heavy (non-hydrogen) atoms. The summed E-state index contributed by atoms with van der Waals surface area (Å²) < 4.78 is 39.3. The van der Waals surface area contributed by atoms with E-state index in [4.69, 9.17) is 27.5 Å². The summed E-state index contributed by atoms with van der Waals surface area (Å²) in [5.74, 6) is 0.488. The number of esters is 1. The first kappa shape index (κ1) is 46.2. The lowest BCUT2D eigenvalue weighted by atomic mass is 9.83. The summed E-state index contributed by atoms with van der Waals surface area (Å²) in [5, 5.41) is 13.4. The molecular formula is C46H74O8Si2. The van der Waals surface area contributed by atoms with Crippen LogP contribution in [0, 0.1) is 5.92 Å². The first-order chi connectivity index (χ1) is 26.0. The third-order valence-electron chi connectivity index (χ3n) is 12.6. The Morgan fingerprint density at radius 3 is 2.12 bits per heavy atom. The molecule has 0 radical (unpaired) electrons. The Labute approximate surface area is 340 Å². The fourth-order valence-corrected chi connectivity index (χ4v) is 9.48. The van der Waals surface area contributed by atoms with Gasteiger partial charge in [0.1, 0.15) is 24.0 Å². The van der Waals surface area contributed by atoms with Crippen LogP contribution in [0.5, 0.6) is 5.75 Å². The molecule has 0 saturated carbocycles. The van der Waals surface area contributed by atoms with E-state index in [0.29, 0.717) is 32.0 Å². The first-order valence-electron chi connectivity index (χ1n) is 21.1. The van der Waals surface area contributed by atoms with Crippen molar-refractivity contribution in [2.24, 2.45) is 5.92 Å². The topological polar surface area (TPSA) is 99.9 Å². The van der Waals surface area contributed by atoms with Crippen molar-refractivity contribution in [3.05, 3.63) is 64.9 Å². The summed E-state index contributed by atoms with van der Waals surface area (Å²) in [4.78, 5) is 13.8. The summed E-state index contributed by atoms with van der Waals surface area (Å²) in [6.45, 7) is 33.7. The minimum absolute atomic E-state index is 0.0172. The molecule has 2 aromatic carbocycles. The smallest absolute Gasteiger partial charge is 0.343 e. The fourth-order valence-electron chi connectivity index (χ4n) is 7.21. The molecule has 0 spiro atoms. The average molecular weight is 811 g/mol. The first-order valence-corrected chi connectivity index (χ1v) is 26.9. The number of ether oxygens (including phenoxy) is 3. The van der Waals surface area contributed by atoms with Crippen molar-refractivity contribution >= 4 is 33.6 Å². The monoisotopic (exact) mass is 810 g/mol. The Balaban J connectivity index is 1.86. The van der Waals surface area contributed by atoms with Crippen LogP contribution in [0.15, 0.2) is 47.1 Å². The number of fused-ring (bicyclic) bond motifs is 1. The number of furan rings is 1. The molecule has 0 aliphatic carbocycles. The van der Waals surface area contributed by atoms with Crippen LogP contribution in [0.2, 0.25) is 36.3 Å². The highest BCUT2D eigenvalue weighted by molar-refractivity contribution is 6.74. The maximum atomic E-state index is 13.8. The molecule has 1 saturated heterocycles. The third-order valence-corrected chi connectivity index (χ3v) is 21.6. The van der Waals surface area contributed by atoms with Crippen molar-refractivity contribution in [2.45, 2.75) is 188 Å². The number of carbonyl (C=O) groups excluding carboxylic acids is 1. The summed E-state index contributed by atoms with van der Waals surface area (Å²) in [5.41, 5.74) is 3.53. The van der Waals surface area contributed by atoms with E-state index >= 15 is 0 Å². The lowest BCUT2D eigenvalue weighted by Crippen LogP contribution is -2.53. The zero-order chi connectivity index (χ0) is 41.9. The number of aliphatic hydroxyl groups excluding tert-OH is 1. The summed E-state index contributed by atoms with van der Waals surface area (Å²) in [7, 11) is -4.59. The number of hydrogen-bond donors (Lipinski definition) is 1. The maximum Gasteiger partial charge on any atom is 0.343 e. The highest BCUT2D eigenvalue weighted by Gasteiger charge is 2.69. The second-order valence-electron chi connectivity index (χ2n) is 19.4. The van der Waals surface area contributed by atoms with Crippen LogP contribution in [0.4, 0.5) is 0 Å². The number of benzene rings is 2. The largest absolute Gasteiger partial charge is 0.488 e. The molecule has 0 bridgehead atoms. The lowest BCUT2D eigenvalue weighted by molar-refractivity contribution is -0.154. The molecule has 3 aromatic rings. The number of carbonyl (C=O) groups is 1. The van der Waals surface area contributed by atoms with Crippen LogP contribution in [-0.4, -0.2) is 58.2 Å². The minimum Gasteiger partial charge on any atom is -0.488 e. The Bertz CT molecular complexity index is 1740. The van der Waals surface area contributed by atoms with E-state index in [0.717, 1.165) is 51.8 Å². The van der Waals surface area contributed by atoms with Gasteiger partial charge in [0.2, 0.25) is 5.60 Å². The van der Waals surface area contributed by atoms with Gasteiger partial charge in [-0.15, -0.1) is 0 Å². The number of epoxide rings is 1. The molecule has 2 heterocycles. The molecule has 10 heteroatoms. The molecule has 314 valence electrons. The van der Waals surface area contributed by atoms with Gasteiger partial charge in [-0.1, -0.05) is 106 Å². The van der Waals surface area contributed by atoms with E-state index in [2.05, 4.69) is 107 Å². The normalized spacial score (nSPS) is 19.6. The van der Waals surface area contributed by atoms with Gasteiger partial charge in [0, 0.05) is 23.3 Å². The van der Waals surface area contributed by atoms with E-state index in [1.54, 1.807) is 0 Å². The molecular weight excluding hydrogens is 737 g/mol. The summed E-state index contributed by atoms with van der Waals surface area (Å²) >= 11 is 0. The van der Waals surface area contributed by atoms with Crippen LogP contribution in [0.25, 0.3) is 11.0 Å². The van der Waals surface area contributed by atoms with Gasteiger partial charge in [0.25, 0.3) is 0 Å². The van der Waals surface area contributed by atoms with Crippen molar-refractivity contribution in [1.82, 2.24) is 0 Å². The minimum atomic E-state index is -2.43. The predicted octanol–water partition coefficient (Wildman–Crippen LogP) is 11.9. The van der Waals surface area contributed by atoms with Gasteiger partial charge in [0.05, 0.1) is 37.2 Å². The van der Waals surface area contributed by atoms with Gasteiger partial charge in [-0.3, -0.25) is 0 Å². The van der Waals surface area contributed by atoms with Crippen LogP contribution in [-0.2, 0) is 42.8 Å². The number of aliphatic hydroxyl groups is 1. The molecule has 8 nitrogen and oxygen atoms in total. The average Bonchev–Trinajstić information content (AvgIpc) is 3.72. The van der Waals surface area contributed by atoms with Gasteiger partial charge >= 0.3 is 5.97 Å². The molecule has 1 aromatic heterocycles. The van der Waals surface area contributed by atoms with Gasteiger partial charge in [-0.25, -0.2) is 4.79 Å².